The van der Waals surface area contributed by atoms with E-state index in [0.29, 0.717) is 22.6 Å². The fourth-order valence-electron chi connectivity index (χ4n) is 3.02. The van der Waals surface area contributed by atoms with Crippen molar-refractivity contribution in [3.05, 3.63) is 83.9 Å². The minimum Gasteiger partial charge on any atom is -0.457 e. The van der Waals surface area contributed by atoms with Gasteiger partial charge in [0.2, 0.25) is 10.0 Å². The van der Waals surface area contributed by atoms with Crippen molar-refractivity contribution in [1.29, 1.82) is 0 Å². The molecular weight excluding hydrogens is 388 g/mol. The highest BCUT2D eigenvalue weighted by Gasteiger charge is 2.26. The summed E-state index contributed by atoms with van der Waals surface area (Å²) in [6.45, 7) is 0. The molecule has 7 heteroatoms. The Morgan fingerprint density at radius 3 is 2.31 bits per heavy atom. The van der Waals surface area contributed by atoms with Crippen LogP contribution in [0.3, 0.4) is 0 Å². The van der Waals surface area contributed by atoms with E-state index in [1.54, 1.807) is 12.1 Å². The molecule has 1 aliphatic heterocycles. The summed E-state index contributed by atoms with van der Waals surface area (Å²) >= 11 is 0. The number of anilines is 1. The summed E-state index contributed by atoms with van der Waals surface area (Å²) in [4.78, 5) is 12.5. The van der Waals surface area contributed by atoms with Gasteiger partial charge in [0.05, 0.1) is 4.90 Å². The predicted molar refractivity (Wildman–Crippen MR) is 112 cm³/mol. The molecule has 0 fully saturated rings. The van der Waals surface area contributed by atoms with Gasteiger partial charge in [0, 0.05) is 16.8 Å². The first kappa shape index (κ1) is 18.9. The fraction of sp³-hybridized carbons (Fsp3) is 0.0455. The molecule has 0 spiro atoms. The van der Waals surface area contributed by atoms with Gasteiger partial charge in [0.1, 0.15) is 11.5 Å². The van der Waals surface area contributed by atoms with Crippen molar-refractivity contribution in [2.24, 2.45) is 0 Å². The summed E-state index contributed by atoms with van der Waals surface area (Å²) in [7, 11) is -2.25. The van der Waals surface area contributed by atoms with Crippen LogP contribution >= 0.6 is 0 Å². The molecule has 0 aliphatic carbocycles. The van der Waals surface area contributed by atoms with Gasteiger partial charge in [-0.25, -0.2) is 13.1 Å². The maximum absolute atomic E-state index is 12.4. The minimum atomic E-state index is -3.60. The number of sulfonamides is 1. The van der Waals surface area contributed by atoms with Crippen LogP contribution in [0.4, 0.5) is 5.69 Å². The predicted octanol–water partition coefficient (Wildman–Crippen LogP) is 3.88. The summed E-state index contributed by atoms with van der Waals surface area (Å²) in [5.41, 5.74) is 2.34. The van der Waals surface area contributed by atoms with Crippen LogP contribution in [0, 0.1) is 0 Å². The second kappa shape index (κ2) is 7.54. The van der Waals surface area contributed by atoms with Crippen molar-refractivity contribution in [2.75, 3.05) is 12.4 Å². The van der Waals surface area contributed by atoms with Crippen LogP contribution in [-0.2, 0) is 14.8 Å². The maximum atomic E-state index is 12.4. The first-order chi connectivity index (χ1) is 14.0. The number of ether oxygens (including phenoxy) is 1. The lowest BCUT2D eigenvalue weighted by molar-refractivity contribution is -0.110. The van der Waals surface area contributed by atoms with E-state index in [1.807, 2.05) is 54.6 Å². The zero-order chi connectivity index (χ0) is 20.4. The number of para-hydroxylation sites is 1. The Morgan fingerprint density at radius 2 is 1.62 bits per heavy atom. The summed E-state index contributed by atoms with van der Waals surface area (Å²) < 4.78 is 32.2. The summed E-state index contributed by atoms with van der Waals surface area (Å²) in [5, 5.41) is 2.76. The Morgan fingerprint density at radius 1 is 0.931 bits per heavy atom. The van der Waals surface area contributed by atoms with Crippen LogP contribution in [-0.4, -0.2) is 21.4 Å². The summed E-state index contributed by atoms with van der Waals surface area (Å²) in [6, 6.07) is 21.3. The average molecular weight is 406 g/mol. The van der Waals surface area contributed by atoms with Crippen molar-refractivity contribution in [3.63, 3.8) is 0 Å². The largest absolute Gasteiger partial charge is 0.457 e. The molecule has 29 heavy (non-hydrogen) atoms. The van der Waals surface area contributed by atoms with Crippen LogP contribution in [0.5, 0.6) is 11.5 Å². The Kier molecular flexibility index (Phi) is 4.92. The summed E-state index contributed by atoms with van der Waals surface area (Å²) in [5.74, 6) is 1.14. The quantitative estimate of drug-likeness (QED) is 0.630. The third-order valence-electron chi connectivity index (χ3n) is 4.52. The highest BCUT2D eigenvalue weighted by Crippen LogP contribution is 2.35. The van der Waals surface area contributed by atoms with Gasteiger partial charge in [-0.05, 0) is 61.2 Å². The normalized spacial score (nSPS) is 14.5. The van der Waals surface area contributed by atoms with Crippen molar-refractivity contribution in [2.45, 2.75) is 4.90 Å². The molecule has 0 unspecified atom stereocenters. The number of fused-ring (bicyclic) bond motifs is 1. The average Bonchev–Trinajstić information content (AvgIpc) is 3.04. The van der Waals surface area contributed by atoms with Gasteiger partial charge in [-0.15, -0.1) is 0 Å². The molecule has 1 aliphatic rings. The Labute approximate surface area is 168 Å². The summed E-state index contributed by atoms with van der Waals surface area (Å²) in [6.07, 6.45) is 1.73. The molecule has 3 aromatic carbocycles. The van der Waals surface area contributed by atoms with Gasteiger partial charge in [-0.1, -0.05) is 30.3 Å². The van der Waals surface area contributed by atoms with Crippen molar-refractivity contribution < 1.29 is 17.9 Å². The molecule has 0 saturated heterocycles. The van der Waals surface area contributed by atoms with Gasteiger partial charge in [0.25, 0.3) is 5.91 Å². The van der Waals surface area contributed by atoms with Crippen molar-refractivity contribution >= 4 is 33.3 Å². The van der Waals surface area contributed by atoms with Gasteiger partial charge in [-0.2, -0.15) is 0 Å². The van der Waals surface area contributed by atoms with E-state index < -0.39 is 10.0 Å². The smallest absolute Gasteiger partial charge is 0.256 e. The maximum Gasteiger partial charge on any atom is 0.256 e. The van der Waals surface area contributed by atoms with E-state index in [2.05, 4.69) is 10.0 Å². The third kappa shape index (κ3) is 3.91. The van der Waals surface area contributed by atoms with Crippen molar-refractivity contribution in [1.82, 2.24) is 4.72 Å². The van der Waals surface area contributed by atoms with Crippen LogP contribution in [0.1, 0.15) is 11.1 Å². The number of carbonyl (C=O) groups excluding carboxylic acids is 1. The topological polar surface area (TPSA) is 84.5 Å². The van der Waals surface area contributed by atoms with Crippen molar-refractivity contribution in [3.8, 4) is 11.5 Å². The number of nitrogens with one attached hydrogen (secondary N) is 2. The molecule has 3 aromatic rings. The molecule has 1 amide bonds. The van der Waals surface area contributed by atoms with Crippen LogP contribution in [0.2, 0.25) is 0 Å². The molecule has 0 saturated carbocycles. The highest BCUT2D eigenvalue weighted by atomic mass is 32.2. The molecule has 0 bridgehead atoms. The molecule has 1 heterocycles. The lowest BCUT2D eigenvalue weighted by atomic mass is 10.0. The molecule has 0 radical (unpaired) electrons. The number of hydrogen-bond donors (Lipinski definition) is 2. The second-order valence-electron chi connectivity index (χ2n) is 6.41. The zero-order valence-electron chi connectivity index (χ0n) is 15.5. The van der Waals surface area contributed by atoms with Gasteiger partial charge >= 0.3 is 0 Å². The van der Waals surface area contributed by atoms with Gasteiger partial charge in [-0.3, -0.25) is 4.79 Å². The van der Waals surface area contributed by atoms with Crippen LogP contribution in [0.15, 0.2) is 77.7 Å². The second-order valence-corrected chi connectivity index (χ2v) is 8.30. The zero-order valence-corrected chi connectivity index (χ0v) is 16.4. The van der Waals surface area contributed by atoms with Crippen LogP contribution in [0.25, 0.3) is 11.6 Å². The third-order valence-corrected chi connectivity index (χ3v) is 5.94. The lowest BCUT2D eigenvalue weighted by Gasteiger charge is -2.06. The van der Waals surface area contributed by atoms with Crippen LogP contribution < -0.4 is 14.8 Å². The van der Waals surface area contributed by atoms with E-state index in [-0.39, 0.29) is 10.8 Å². The monoisotopic (exact) mass is 406 g/mol. The highest BCUT2D eigenvalue weighted by molar-refractivity contribution is 7.89. The number of carbonyl (C=O) groups is 1. The number of rotatable bonds is 5. The Bertz CT molecular complexity index is 1200. The Hall–Kier alpha value is -3.42. The molecule has 4 rings (SSSR count). The Balaban J connectivity index is 1.64. The minimum absolute atomic E-state index is 0.104. The van der Waals surface area contributed by atoms with E-state index in [0.717, 1.165) is 11.3 Å². The van der Waals surface area contributed by atoms with E-state index in [9.17, 15) is 13.2 Å². The van der Waals surface area contributed by atoms with Gasteiger partial charge in [0.15, 0.2) is 0 Å². The standard InChI is InChI=1S/C22H18N2O4S/c1-23-29(26,27)18-11-12-21-19(14-18)20(22(25)24-21)13-15-7-9-17(10-8-15)28-16-5-3-2-4-6-16/h2-14,23H,1H3,(H,24,25). The van der Waals surface area contributed by atoms with E-state index in [4.69, 9.17) is 4.74 Å². The molecule has 0 atom stereocenters. The van der Waals surface area contributed by atoms with E-state index in [1.165, 1.54) is 19.2 Å². The molecule has 146 valence electrons. The first-order valence-corrected chi connectivity index (χ1v) is 10.4. The number of hydrogen-bond acceptors (Lipinski definition) is 4. The number of amides is 1. The fourth-order valence-corrected chi connectivity index (χ4v) is 3.77. The SMILES string of the molecule is CNS(=O)(=O)c1ccc2c(c1)C(=Cc1ccc(Oc3ccccc3)cc1)C(=O)N2. The molecule has 0 aromatic heterocycles. The number of benzene rings is 3. The molecule has 2 N–H and O–H groups in total. The lowest BCUT2D eigenvalue weighted by Crippen LogP contribution is -2.18. The molecular formula is C22H18N2O4S. The molecule has 6 nitrogen and oxygen atoms in total. The first-order valence-electron chi connectivity index (χ1n) is 8.90. The van der Waals surface area contributed by atoms with Gasteiger partial charge < -0.3 is 10.1 Å². The van der Waals surface area contributed by atoms with E-state index >= 15 is 0 Å².